The lowest BCUT2D eigenvalue weighted by molar-refractivity contribution is -0.128. The highest BCUT2D eigenvalue weighted by molar-refractivity contribution is 6.05. The van der Waals surface area contributed by atoms with Gasteiger partial charge >= 0.3 is 0 Å². The first-order valence-electron chi connectivity index (χ1n) is 11.8. The third kappa shape index (κ3) is 7.77. The van der Waals surface area contributed by atoms with Gasteiger partial charge in [0.15, 0.2) is 17.5 Å². The lowest BCUT2D eigenvalue weighted by Gasteiger charge is -2.29. The zero-order valence-electron chi connectivity index (χ0n) is 20.3. The second-order valence-electron chi connectivity index (χ2n) is 8.45. The van der Waals surface area contributed by atoms with Crippen molar-refractivity contribution in [2.24, 2.45) is 22.2 Å². The van der Waals surface area contributed by atoms with E-state index in [2.05, 4.69) is 10.3 Å². The molecule has 0 fully saturated rings. The van der Waals surface area contributed by atoms with E-state index in [0.29, 0.717) is 36.3 Å². The highest BCUT2D eigenvalue weighted by Gasteiger charge is 2.30. The van der Waals surface area contributed by atoms with Gasteiger partial charge in [-0.1, -0.05) is 42.5 Å². The monoisotopic (exact) mass is 506 g/mol. The number of aliphatic imine (C=N–C) groups is 1. The number of nitrogens with two attached hydrogens (primary N) is 3. The standard InChI is InChI=1S/C27H31FN6O3/c28-21-16-18(13-14-24(21)35)17-23(33-25(36)22(29)12-7-15-32-27(30)31)26(37)34(19-8-3-1-4-9-19)20-10-5-2-6-11-20/h1-6,8-11,13-14,16,22-23,35H,7,12,15,17,29H2,(H,33,36)(H4,30,31,32)/t22-,23-/m0/s1. The van der Waals surface area contributed by atoms with Gasteiger partial charge in [0.05, 0.1) is 6.04 Å². The quantitative estimate of drug-likeness (QED) is 0.152. The Hall–Kier alpha value is -4.44. The number of anilines is 2. The number of nitrogens with zero attached hydrogens (tertiary/aromatic N) is 2. The van der Waals surface area contributed by atoms with Crippen molar-refractivity contribution in [2.45, 2.75) is 31.3 Å². The molecule has 0 aliphatic carbocycles. The van der Waals surface area contributed by atoms with Crippen molar-refractivity contribution in [1.29, 1.82) is 0 Å². The molecular weight excluding hydrogens is 475 g/mol. The lowest BCUT2D eigenvalue weighted by Crippen LogP contribution is -2.52. The van der Waals surface area contributed by atoms with Crippen LogP contribution in [0.1, 0.15) is 18.4 Å². The fourth-order valence-corrected chi connectivity index (χ4v) is 3.76. The molecule has 2 atom stereocenters. The molecule has 0 radical (unpaired) electrons. The second kappa shape index (κ2) is 13.0. The number of aromatic hydroxyl groups is 1. The highest BCUT2D eigenvalue weighted by atomic mass is 19.1. The van der Waals surface area contributed by atoms with Gasteiger partial charge in [-0.25, -0.2) is 4.39 Å². The number of phenolic OH excluding ortho intramolecular Hbond substituents is 1. The zero-order chi connectivity index (χ0) is 26.8. The largest absolute Gasteiger partial charge is 0.505 e. The number of amides is 2. The summed E-state index contributed by atoms with van der Waals surface area (Å²) in [6.07, 6.45) is 0.728. The van der Waals surface area contributed by atoms with Crippen molar-refractivity contribution in [1.82, 2.24) is 5.32 Å². The molecule has 0 heterocycles. The van der Waals surface area contributed by atoms with Crippen LogP contribution < -0.4 is 27.4 Å². The van der Waals surface area contributed by atoms with Crippen molar-refractivity contribution in [3.8, 4) is 5.75 Å². The Kier molecular flexibility index (Phi) is 9.56. The van der Waals surface area contributed by atoms with Gasteiger partial charge in [-0.2, -0.15) is 0 Å². The van der Waals surface area contributed by atoms with Crippen molar-refractivity contribution in [2.75, 3.05) is 11.4 Å². The van der Waals surface area contributed by atoms with Crippen LogP contribution in [0, 0.1) is 5.82 Å². The van der Waals surface area contributed by atoms with Crippen LogP contribution in [-0.4, -0.2) is 41.5 Å². The average Bonchev–Trinajstić information content (AvgIpc) is 2.89. The smallest absolute Gasteiger partial charge is 0.254 e. The van der Waals surface area contributed by atoms with Crippen LogP contribution in [0.3, 0.4) is 0 Å². The fourth-order valence-electron chi connectivity index (χ4n) is 3.76. The van der Waals surface area contributed by atoms with Gasteiger partial charge in [0, 0.05) is 24.3 Å². The minimum absolute atomic E-state index is 0.0291. The maximum absolute atomic E-state index is 14.1. The normalized spacial score (nSPS) is 12.3. The van der Waals surface area contributed by atoms with Crippen LogP contribution in [0.15, 0.2) is 83.9 Å². The number of halogens is 1. The number of para-hydroxylation sites is 2. The molecule has 10 heteroatoms. The van der Waals surface area contributed by atoms with E-state index in [1.54, 1.807) is 48.5 Å². The van der Waals surface area contributed by atoms with Crippen LogP contribution >= 0.6 is 0 Å². The summed E-state index contributed by atoms with van der Waals surface area (Å²) >= 11 is 0. The van der Waals surface area contributed by atoms with Crippen LogP contribution in [0.5, 0.6) is 5.75 Å². The molecule has 3 aromatic carbocycles. The Bertz CT molecular complexity index is 1180. The van der Waals surface area contributed by atoms with Gasteiger partial charge in [0.2, 0.25) is 5.91 Å². The van der Waals surface area contributed by atoms with Crippen LogP contribution in [0.4, 0.5) is 15.8 Å². The Labute approximate surface area is 214 Å². The van der Waals surface area contributed by atoms with Crippen molar-refractivity contribution in [3.63, 3.8) is 0 Å². The van der Waals surface area contributed by atoms with Crippen molar-refractivity contribution >= 4 is 29.1 Å². The van der Waals surface area contributed by atoms with Gasteiger partial charge in [-0.05, 0) is 54.8 Å². The van der Waals surface area contributed by atoms with E-state index in [-0.39, 0.29) is 12.4 Å². The molecule has 37 heavy (non-hydrogen) atoms. The van der Waals surface area contributed by atoms with E-state index in [9.17, 15) is 19.1 Å². The number of hydrogen-bond donors (Lipinski definition) is 5. The molecule has 3 rings (SSSR count). The van der Waals surface area contributed by atoms with E-state index in [0.717, 1.165) is 6.07 Å². The maximum Gasteiger partial charge on any atom is 0.254 e. The fraction of sp³-hybridized carbons (Fsp3) is 0.222. The molecule has 0 saturated carbocycles. The molecule has 3 aromatic rings. The molecule has 0 aliphatic rings. The Balaban J connectivity index is 1.89. The molecule has 0 bridgehead atoms. The number of benzene rings is 3. The summed E-state index contributed by atoms with van der Waals surface area (Å²) < 4.78 is 14.1. The van der Waals surface area contributed by atoms with Gasteiger partial charge < -0.3 is 27.6 Å². The number of carbonyl (C=O) groups excluding carboxylic acids is 2. The summed E-state index contributed by atoms with van der Waals surface area (Å²) in [6, 6.07) is 19.8. The first-order valence-corrected chi connectivity index (χ1v) is 11.8. The lowest BCUT2D eigenvalue weighted by atomic mass is 10.0. The van der Waals surface area contributed by atoms with E-state index < -0.39 is 35.5 Å². The Morgan fingerprint density at radius 2 is 1.57 bits per heavy atom. The molecule has 0 aromatic heterocycles. The zero-order valence-corrected chi connectivity index (χ0v) is 20.3. The molecule has 0 aliphatic heterocycles. The topological polar surface area (TPSA) is 160 Å². The molecule has 0 unspecified atom stereocenters. The van der Waals surface area contributed by atoms with Crippen molar-refractivity contribution < 1.29 is 19.1 Å². The predicted molar refractivity (Wildman–Crippen MR) is 142 cm³/mol. The number of hydrogen-bond acceptors (Lipinski definition) is 5. The van der Waals surface area contributed by atoms with Gasteiger partial charge in [-0.15, -0.1) is 0 Å². The molecule has 2 amide bonds. The summed E-state index contributed by atoms with van der Waals surface area (Å²) in [5.41, 5.74) is 18.3. The Morgan fingerprint density at radius 3 is 2.11 bits per heavy atom. The number of carbonyl (C=O) groups is 2. The molecule has 9 nitrogen and oxygen atoms in total. The van der Waals surface area contributed by atoms with Crippen LogP contribution in [-0.2, 0) is 16.0 Å². The third-order valence-electron chi connectivity index (χ3n) is 5.62. The van der Waals surface area contributed by atoms with Crippen LogP contribution in [0.25, 0.3) is 0 Å². The second-order valence-corrected chi connectivity index (χ2v) is 8.45. The van der Waals surface area contributed by atoms with E-state index >= 15 is 0 Å². The summed E-state index contributed by atoms with van der Waals surface area (Å²) in [5, 5.41) is 12.3. The number of phenols is 1. The molecule has 194 valence electrons. The summed E-state index contributed by atoms with van der Waals surface area (Å²) in [6.45, 7) is 0.314. The summed E-state index contributed by atoms with van der Waals surface area (Å²) in [5.74, 6) is -2.36. The number of nitrogens with one attached hydrogen (secondary N) is 1. The molecule has 0 spiro atoms. The van der Waals surface area contributed by atoms with E-state index in [1.807, 2.05) is 12.1 Å². The van der Waals surface area contributed by atoms with E-state index in [4.69, 9.17) is 17.2 Å². The minimum Gasteiger partial charge on any atom is -0.505 e. The third-order valence-corrected chi connectivity index (χ3v) is 5.62. The molecule has 8 N–H and O–H groups in total. The summed E-state index contributed by atoms with van der Waals surface area (Å²) in [4.78, 5) is 32.3. The van der Waals surface area contributed by atoms with Crippen LogP contribution in [0.2, 0.25) is 0 Å². The number of guanidine groups is 1. The molecule has 0 saturated heterocycles. The van der Waals surface area contributed by atoms with Gasteiger partial charge in [-0.3, -0.25) is 19.5 Å². The minimum atomic E-state index is -1.08. The SMILES string of the molecule is NC(N)=NCCC[C@H](N)C(=O)N[C@@H](Cc1ccc(O)c(F)c1)C(=O)N(c1ccccc1)c1ccccc1. The highest BCUT2D eigenvalue weighted by Crippen LogP contribution is 2.27. The average molecular weight is 507 g/mol. The first-order chi connectivity index (χ1) is 17.8. The Morgan fingerprint density at radius 1 is 0.973 bits per heavy atom. The first kappa shape index (κ1) is 27.2. The maximum atomic E-state index is 14.1. The van der Waals surface area contributed by atoms with Gasteiger partial charge in [0.1, 0.15) is 6.04 Å². The molecular formula is C27H31FN6O3. The van der Waals surface area contributed by atoms with E-state index in [1.165, 1.54) is 17.0 Å². The predicted octanol–water partition coefficient (Wildman–Crippen LogP) is 2.30. The number of rotatable bonds is 11. The van der Waals surface area contributed by atoms with Crippen molar-refractivity contribution in [3.05, 3.63) is 90.2 Å². The summed E-state index contributed by atoms with van der Waals surface area (Å²) in [7, 11) is 0. The van der Waals surface area contributed by atoms with Gasteiger partial charge in [0.25, 0.3) is 5.91 Å².